The van der Waals surface area contributed by atoms with Crippen molar-refractivity contribution in [2.24, 2.45) is 9.98 Å². The highest BCUT2D eigenvalue weighted by molar-refractivity contribution is 6.50. The summed E-state index contributed by atoms with van der Waals surface area (Å²) in [5.74, 6) is 0. The second kappa shape index (κ2) is 13.8. The summed E-state index contributed by atoms with van der Waals surface area (Å²) in [6.07, 6.45) is 10.8. The maximum Gasteiger partial charge on any atom is 0.181 e. The average Bonchev–Trinajstić information content (AvgIpc) is 4.00. The number of aromatic nitrogens is 6. The molecule has 3 aliphatic rings. The molecule has 3 aliphatic heterocycles. The molecule has 2 N–H and O–H groups in total. The highest BCUT2D eigenvalue weighted by Crippen LogP contribution is 2.58. The molecule has 9 rings (SSSR count). The lowest BCUT2D eigenvalue weighted by Crippen LogP contribution is -2.51. The number of allylic oxidation sites excluding steroid dienone is 1. The van der Waals surface area contributed by atoms with Crippen molar-refractivity contribution in [3.8, 4) is 0 Å². The molecule has 0 aromatic carbocycles. The van der Waals surface area contributed by atoms with Crippen LogP contribution in [0.4, 0.5) is 0 Å². The fourth-order valence-electron chi connectivity index (χ4n) is 8.25. The lowest BCUT2D eigenvalue weighted by atomic mass is 9.84. The van der Waals surface area contributed by atoms with Crippen LogP contribution >= 0.6 is 58.0 Å². The van der Waals surface area contributed by atoms with Crippen LogP contribution in [-0.2, 0) is 9.75 Å². The molecule has 286 valence electrons. The van der Waals surface area contributed by atoms with Crippen molar-refractivity contribution in [1.29, 1.82) is 0 Å². The highest BCUT2D eigenvalue weighted by Gasteiger charge is 2.63. The number of hydrogen-bond donors (Lipinski definition) is 2. The SMILES string of the molecule is Cc1cc(C2=c3ccc([nH]3)=C(c3ccnc(C)c3)c3ccc([nH]3)C(Cl)(c3ccnc(C)c3)C3(Cl)C=CC(=N3)C(Cl)(c3ccnc(C)c3)C3(Cl)N=C2CC3Cl)ccn1. The summed E-state index contributed by atoms with van der Waals surface area (Å²) in [5, 5.41) is 0.830. The van der Waals surface area contributed by atoms with Gasteiger partial charge in [-0.05, 0) is 135 Å². The summed E-state index contributed by atoms with van der Waals surface area (Å²) >= 11 is 39.3. The first-order valence-corrected chi connectivity index (χ1v) is 20.3. The molecule has 13 heteroatoms. The molecule has 0 saturated heterocycles. The van der Waals surface area contributed by atoms with E-state index in [4.69, 9.17) is 68.0 Å². The van der Waals surface area contributed by atoms with Crippen molar-refractivity contribution in [1.82, 2.24) is 29.9 Å². The molecule has 0 amide bonds. The molecule has 0 aliphatic carbocycles. The number of nitrogens with one attached hydrogen (secondary N) is 2. The van der Waals surface area contributed by atoms with Gasteiger partial charge in [-0.15, -0.1) is 34.8 Å². The number of hydrogen-bond acceptors (Lipinski definition) is 6. The van der Waals surface area contributed by atoms with Gasteiger partial charge >= 0.3 is 0 Å². The maximum absolute atomic E-state index is 8.07. The molecule has 0 saturated carbocycles. The Morgan fingerprint density at radius 1 is 0.596 bits per heavy atom. The van der Waals surface area contributed by atoms with Gasteiger partial charge in [-0.2, -0.15) is 0 Å². The highest BCUT2D eigenvalue weighted by atomic mass is 35.5. The van der Waals surface area contributed by atoms with Crippen molar-refractivity contribution in [3.05, 3.63) is 177 Å². The number of aryl methyl sites for hydroxylation is 4. The zero-order chi connectivity index (χ0) is 39.9. The Labute approximate surface area is 354 Å². The predicted octanol–water partition coefficient (Wildman–Crippen LogP) is 8.57. The number of fused-ring (bicyclic) bond motifs is 6. The fraction of sp³-hybridized carbons (Fsp3) is 0.227. The lowest BCUT2D eigenvalue weighted by molar-refractivity contribution is 0.516. The Kier molecular flexibility index (Phi) is 9.18. The third-order valence-corrected chi connectivity index (χ3v) is 14.3. The van der Waals surface area contributed by atoms with Gasteiger partial charge in [-0.3, -0.25) is 29.9 Å². The van der Waals surface area contributed by atoms with Crippen molar-refractivity contribution < 1.29 is 0 Å². The molecule has 5 atom stereocenters. The number of nitrogens with zero attached hydrogens (tertiary/aromatic N) is 6. The van der Waals surface area contributed by atoms with E-state index < -0.39 is 25.1 Å². The summed E-state index contributed by atoms with van der Waals surface area (Å²) in [4.78, 5) is 29.5. The number of aliphatic imine (C=N–C) groups is 2. The topological polar surface area (TPSA) is 108 Å². The van der Waals surface area contributed by atoms with E-state index in [1.54, 1.807) is 36.9 Å². The van der Waals surface area contributed by atoms with Crippen LogP contribution in [-0.4, -0.2) is 56.7 Å². The quantitative estimate of drug-likeness (QED) is 0.137. The smallest absolute Gasteiger partial charge is 0.181 e. The van der Waals surface area contributed by atoms with Crippen molar-refractivity contribution in [3.63, 3.8) is 0 Å². The first-order valence-electron chi connectivity index (χ1n) is 18.4. The van der Waals surface area contributed by atoms with Gasteiger partial charge in [0.05, 0.1) is 11.1 Å². The van der Waals surface area contributed by atoms with Gasteiger partial charge in [0.15, 0.2) is 19.7 Å². The van der Waals surface area contributed by atoms with Crippen molar-refractivity contribution in [2.45, 2.75) is 59.2 Å². The molecule has 0 radical (unpaired) electrons. The first-order chi connectivity index (χ1) is 27.2. The minimum absolute atomic E-state index is 0.285. The molecule has 9 heterocycles. The number of H-pyrrole nitrogens is 2. The fourth-order valence-corrected chi connectivity index (χ4v) is 10.1. The van der Waals surface area contributed by atoms with Gasteiger partial charge in [0.2, 0.25) is 0 Å². The standard InChI is InChI=1S/C44H35Cl5N8/c1-24-19-28(10-15-50-24)39-32-5-6-33(54-32)40(29-11-16-51-25(2)20-29)35-23-36(45)44(49,56-35)43(48,31-13-18-53-27(4)22-31)38-9-14-41(46,57-38)42(47,37-8-7-34(39)55-37)30-12-17-52-26(3)21-30/h5-22,36,54-55H,23H2,1-4H3. The van der Waals surface area contributed by atoms with Crippen LogP contribution < -0.4 is 10.7 Å². The van der Waals surface area contributed by atoms with E-state index in [0.717, 1.165) is 61.4 Å². The summed E-state index contributed by atoms with van der Waals surface area (Å²) in [5.41, 5.74) is 10.4. The Bertz CT molecular complexity index is 2840. The van der Waals surface area contributed by atoms with E-state index in [1.807, 2.05) is 94.4 Å². The number of halogens is 5. The minimum atomic E-state index is -1.68. The van der Waals surface area contributed by atoms with Crippen LogP contribution in [0, 0.1) is 27.7 Å². The van der Waals surface area contributed by atoms with Crippen molar-refractivity contribution >= 4 is 80.6 Å². The monoisotopic (exact) mass is 850 g/mol. The van der Waals surface area contributed by atoms with Gasteiger partial charge in [-0.1, -0.05) is 23.2 Å². The van der Waals surface area contributed by atoms with Gasteiger partial charge in [0.25, 0.3) is 0 Å². The van der Waals surface area contributed by atoms with E-state index in [1.165, 1.54) is 0 Å². The third kappa shape index (κ3) is 5.94. The van der Waals surface area contributed by atoms with E-state index in [2.05, 4.69) is 36.0 Å². The molecule has 8 nitrogen and oxygen atoms in total. The zero-order valence-electron chi connectivity index (χ0n) is 31.2. The number of alkyl halides is 5. The minimum Gasteiger partial charge on any atom is -0.356 e. The molecule has 0 fully saturated rings. The van der Waals surface area contributed by atoms with Crippen LogP contribution in [0.25, 0.3) is 11.1 Å². The second-order valence-electron chi connectivity index (χ2n) is 14.8. The summed E-state index contributed by atoms with van der Waals surface area (Å²) < 4.78 is 0. The Morgan fingerprint density at radius 2 is 1.14 bits per heavy atom. The molecule has 5 unspecified atom stereocenters. The van der Waals surface area contributed by atoms with Crippen LogP contribution in [0.5, 0.6) is 0 Å². The average molecular weight is 853 g/mol. The molecule has 8 bridgehead atoms. The number of pyridine rings is 4. The van der Waals surface area contributed by atoms with Gasteiger partial charge in [-0.25, -0.2) is 0 Å². The Morgan fingerprint density at radius 3 is 1.74 bits per heavy atom. The van der Waals surface area contributed by atoms with Gasteiger partial charge < -0.3 is 9.97 Å². The Hall–Kier alpha value is -4.57. The van der Waals surface area contributed by atoms with E-state index >= 15 is 0 Å². The summed E-state index contributed by atoms with van der Waals surface area (Å²) in [6, 6.07) is 23.5. The Balaban J connectivity index is 1.45. The van der Waals surface area contributed by atoms with E-state index in [-0.39, 0.29) is 6.42 Å². The molecule has 57 heavy (non-hydrogen) atoms. The van der Waals surface area contributed by atoms with Crippen molar-refractivity contribution in [2.75, 3.05) is 0 Å². The molecule has 0 spiro atoms. The van der Waals surface area contributed by atoms with Gasteiger partial charge in [0.1, 0.15) is 0 Å². The largest absolute Gasteiger partial charge is 0.356 e. The third-order valence-electron chi connectivity index (χ3n) is 10.9. The summed E-state index contributed by atoms with van der Waals surface area (Å²) in [6.45, 7) is 7.71. The van der Waals surface area contributed by atoms with Crippen LogP contribution in [0.3, 0.4) is 0 Å². The van der Waals surface area contributed by atoms with Crippen LogP contribution in [0.15, 0.2) is 120 Å². The molecule has 6 aromatic heterocycles. The lowest BCUT2D eigenvalue weighted by Gasteiger charge is -2.41. The molecule has 6 aromatic rings. The van der Waals surface area contributed by atoms with Crippen LogP contribution in [0.1, 0.15) is 62.8 Å². The predicted molar refractivity (Wildman–Crippen MR) is 230 cm³/mol. The normalized spacial score (nSPS) is 26.8. The van der Waals surface area contributed by atoms with Gasteiger partial charge in [0, 0.05) is 92.9 Å². The second-order valence-corrected chi connectivity index (χ2v) is 17.6. The summed E-state index contributed by atoms with van der Waals surface area (Å²) in [7, 11) is 0. The van der Waals surface area contributed by atoms with Crippen LogP contribution in [0.2, 0.25) is 0 Å². The number of rotatable bonds is 4. The molecular formula is C44H35Cl5N8. The maximum atomic E-state index is 8.07. The van der Waals surface area contributed by atoms with E-state index in [0.29, 0.717) is 28.2 Å². The first kappa shape index (κ1) is 38.0. The zero-order valence-corrected chi connectivity index (χ0v) is 35.0. The van der Waals surface area contributed by atoms with E-state index in [9.17, 15) is 0 Å². The number of aromatic amines is 2. The molecular weight excluding hydrogens is 818 g/mol.